The molecule has 1 fully saturated rings. The van der Waals surface area contributed by atoms with Crippen molar-refractivity contribution in [1.82, 2.24) is 23.8 Å². The van der Waals surface area contributed by atoms with Gasteiger partial charge < -0.3 is 9.64 Å². The smallest absolute Gasteiger partial charge is 0.338 e. The molecule has 188 valence electrons. The number of esters is 1. The van der Waals surface area contributed by atoms with Gasteiger partial charge in [0.05, 0.1) is 29.0 Å². The van der Waals surface area contributed by atoms with Crippen molar-refractivity contribution < 1.29 is 14.3 Å². The van der Waals surface area contributed by atoms with Crippen molar-refractivity contribution in [3.8, 4) is 5.69 Å². The van der Waals surface area contributed by atoms with E-state index in [9.17, 15) is 9.59 Å². The van der Waals surface area contributed by atoms with Crippen LogP contribution in [-0.2, 0) is 9.53 Å². The maximum Gasteiger partial charge on any atom is 0.338 e. The molecule has 0 aliphatic carbocycles. The first kappa shape index (κ1) is 24.1. The Morgan fingerprint density at radius 2 is 1.81 bits per heavy atom. The van der Waals surface area contributed by atoms with Crippen molar-refractivity contribution in [2.24, 2.45) is 0 Å². The van der Waals surface area contributed by atoms with Crippen LogP contribution in [-0.4, -0.2) is 61.2 Å². The predicted molar refractivity (Wildman–Crippen MR) is 149 cm³/mol. The Balaban J connectivity index is 1.49. The van der Waals surface area contributed by atoms with E-state index in [1.807, 2.05) is 50.3 Å². The summed E-state index contributed by atoms with van der Waals surface area (Å²) in [5, 5.41) is 0.688. The number of hydrogen-bond acceptors (Lipinski definition) is 8. The summed E-state index contributed by atoms with van der Waals surface area (Å²) in [4.78, 5) is 36.8. The molecule has 0 bridgehead atoms. The highest BCUT2D eigenvalue weighted by atomic mass is 32.2. The summed E-state index contributed by atoms with van der Waals surface area (Å²) in [6.45, 7) is 3.74. The quantitative estimate of drug-likeness (QED) is 0.120. The average Bonchev–Trinajstić information content (AvgIpc) is 3.64. The van der Waals surface area contributed by atoms with Crippen molar-refractivity contribution in [1.29, 1.82) is 0 Å². The van der Waals surface area contributed by atoms with Gasteiger partial charge in [0.2, 0.25) is 5.91 Å². The number of hydrogen-bond donors (Lipinski definition) is 0. The van der Waals surface area contributed by atoms with E-state index in [0.29, 0.717) is 32.7 Å². The second-order valence-corrected chi connectivity index (χ2v) is 11.2. The van der Waals surface area contributed by atoms with E-state index in [4.69, 9.17) is 26.9 Å². The van der Waals surface area contributed by atoms with Gasteiger partial charge >= 0.3 is 5.97 Å². The number of thioether (sulfide) groups is 1. The van der Waals surface area contributed by atoms with Gasteiger partial charge in [-0.05, 0) is 68.4 Å². The highest BCUT2D eigenvalue weighted by Gasteiger charge is 2.22. The van der Waals surface area contributed by atoms with Crippen LogP contribution >= 0.6 is 35.3 Å². The third-order valence-electron chi connectivity index (χ3n) is 6.36. The second-order valence-electron chi connectivity index (χ2n) is 8.65. The minimum absolute atomic E-state index is 0.124. The van der Waals surface area contributed by atoms with Crippen molar-refractivity contribution in [3.63, 3.8) is 0 Å². The number of fused-ring (bicyclic) bond motifs is 5. The molecular formula is C26H23N5O3S3. The Bertz CT molecular complexity index is 1720. The number of benzene rings is 2. The van der Waals surface area contributed by atoms with E-state index in [-0.39, 0.29) is 11.9 Å². The van der Waals surface area contributed by atoms with Crippen molar-refractivity contribution >= 4 is 74.2 Å². The monoisotopic (exact) mass is 549 g/mol. The predicted octanol–water partition coefficient (Wildman–Crippen LogP) is 5.51. The molecule has 2 aromatic carbocycles. The summed E-state index contributed by atoms with van der Waals surface area (Å²) in [5.74, 6) is 0.0657. The second kappa shape index (κ2) is 9.88. The molecular weight excluding hydrogens is 527 g/mol. The molecule has 0 unspecified atom stereocenters. The summed E-state index contributed by atoms with van der Waals surface area (Å²) in [6, 6.07) is 15.1. The van der Waals surface area contributed by atoms with Crippen LogP contribution < -0.4 is 0 Å². The summed E-state index contributed by atoms with van der Waals surface area (Å²) < 4.78 is 10.5. The molecule has 0 spiro atoms. The lowest BCUT2D eigenvalue weighted by atomic mass is 10.2. The van der Waals surface area contributed by atoms with Gasteiger partial charge in [-0.2, -0.15) is 0 Å². The maximum absolute atomic E-state index is 12.8. The lowest BCUT2D eigenvalue weighted by molar-refractivity contribution is -0.127. The van der Waals surface area contributed by atoms with Crippen LogP contribution in [0.1, 0.15) is 30.1 Å². The topological polar surface area (TPSA) is 81.7 Å². The molecule has 0 radical (unpaired) electrons. The molecule has 0 saturated carbocycles. The Labute approximate surface area is 225 Å². The normalized spacial score (nSPS) is 13.7. The fraction of sp³-hybridized carbons (Fsp3) is 0.269. The van der Waals surface area contributed by atoms with Crippen LogP contribution in [0.2, 0.25) is 0 Å². The molecule has 0 atom stereocenters. The van der Waals surface area contributed by atoms with E-state index in [2.05, 4.69) is 0 Å². The zero-order chi connectivity index (χ0) is 25.5. The number of rotatable bonds is 6. The number of likely N-dealkylation sites (tertiary alicyclic amines) is 1. The Morgan fingerprint density at radius 3 is 2.57 bits per heavy atom. The van der Waals surface area contributed by atoms with Gasteiger partial charge in [-0.3, -0.25) is 13.8 Å². The number of aromatic nitrogens is 4. The molecule has 6 rings (SSSR count). The lowest BCUT2D eigenvalue weighted by Gasteiger charge is -2.15. The van der Waals surface area contributed by atoms with Crippen LogP contribution in [0.25, 0.3) is 32.7 Å². The number of amides is 1. The zero-order valence-electron chi connectivity index (χ0n) is 20.0. The number of carbonyl (C=O) groups excluding carboxylic acids is 2. The number of nitrogens with zero attached hydrogens (tertiary/aromatic N) is 5. The first-order valence-electron chi connectivity index (χ1n) is 12.1. The molecule has 11 heteroatoms. The third-order valence-corrected chi connectivity index (χ3v) is 8.65. The highest BCUT2D eigenvalue weighted by Crippen LogP contribution is 2.34. The fourth-order valence-electron chi connectivity index (χ4n) is 4.60. The summed E-state index contributed by atoms with van der Waals surface area (Å²) in [5.41, 5.74) is 4.50. The minimum atomic E-state index is -0.363. The van der Waals surface area contributed by atoms with Crippen LogP contribution in [0.3, 0.4) is 0 Å². The molecule has 8 nitrogen and oxygen atoms in total. The lowest BCUT2D eigenvalue weighted by Crippen LogP contribution is -2.29. The first-order chi connectivity index (χ1) is 18.0. The van der Waals surface area contributed by atoms with Crippen LogP contribution in [0, 0.1) is 3.95 Å². The Morgan fingerprint density at radius 1 is 1.05 bits per heavy atom. The van der Waals surface area contributed by atoms with Crippen molar-refractivity contribution in [2.75, 3.05) is 25.4 Å². The van der Waals surface area contributed by atoms with Gasteiger partial charge in [0, 0.05) is 18.8 Å². The SMILES string of the molecule is CCOC(=O)c1ccc(-n2c(=S)sc3c2nc(SCC(=O)N2CCCC2)n2c4ccccc4nc32)cc1. The zero-order valence-corrected chi connectivity index (χ0v) is 22.5. The molecule has 1 amide bonds. The minimum Gasteiger partial charge on any atom is -0.462 e. The van der Waals surface area contributed by atoms with Crippen LogP contribution in [0.15, 0.2) is 53.7 Å². The summed E-state index contributed by atoms with van der Waals surface area (Å²) in [6.07, 6.45) is 2.12. The fourth-order valence-corrected chi connectivity index (χ4v) is 6.85. The number of ether oxygens (including phenoxy) is 1. The molecule has 37 heavy (non-hydrogen) atoms. The Kier molecular flexibility index (Phi) is 6.43. The molecule has 1 saturated heterocycles. The van der Waals surface area contributed by atoms with E-state index in [0.717, 1.165) is 53.0 Å². The standard InChI is InChI=1S/C26H23N5O3S3/c1-2-34-24(33)16-9-11-17(12-10-16)30-23-21(37-26(30)35)22-27-18-7-3-4-8-19(18)31(22)25(28-23)36-15-20(32)29-13-5-6-14-29/h3-4,7-12H,2,5-6,13-15H2,1H3. The molecule has 1 aliphatic rings. The van der Waals surface area contributed by atoms with Gasteiger partial charge in [0.25, 0.3) is 0 Å². The number of carbonyl (C=O) groups is 2. The van der Waals surface area contributed by atoms with E-state index in [1.54, 1.807) is 19.1 Å². The largest absolute Gasteiger partial charge is 0.462 e. The summed E-state index contributed by atoms with van der Waals surface area (Å²) in [7, 11) is 0. The molecule has 4 heterocycles. The highest BCUT2D eigenvalue weighted by molar-refractivity contribution is 7.99. The van der Waals surface area contributed by atoms with Gasteiger partial charge in [-0.25, -0.2) is 14.8 Å². The van der Waals surface area contributed by atoms with Crippen molar-refractivity contribution in [2.45, 2.75) is 24.9 Å². The van der Waals surface area contributed by atoms with Crippen LogP contribution in [0.4, 0.5) is 0 Å². The van der Waals surface area contributed by atoms with Gasteiger partial charge in [0.1, 0.15) is 4.70 Å². The van der Waals surface area contributed by atoms with Gasteiger partial charge in [-0.1, -0.05) is 35.2 Å². The van der Waals surface area contributed by atoms with Gasteiger partial charge in [0.15, 0.2) is 20.4 Å². The number of thiazole rings is 1. The van der Waals surface area contributed by atoms with Crippen LogP contribution in [0.5, 0.6) is 0 Å². The first-order valence-corrected chi connectivity index (χ1v) is 14.3. The average molecular weight is 550 g/mol. The molecule has 3 aromatic heterocycles. The molecule has 0 N–H and O–H groups in total. The van der Waals surface area contributed by atoms with E-state index in [1.165, 1.54) is 23.1 Å². The van der Waals surface area contributed by atoms with Gasteiger partial charge in [-0.15, -0.1) is 0 Å². The number of para-hydroxylation sites is 2. The maximum atomic E-state index is 12.8. The summed E-state index contributed by atoms with van der Waals surface area (Å²) >= 11 is 8.64. The van der Waals surface area contributed by atoms with E-state index < -0.39 is 0 Å². The molecule has 5 aromatic rings. The molecule has 1 aliphatic heterocycles. The van der Waals surface area contributed by atoms with E-state index >= 15 is 0 Å². The van der Waals surface area contributed by atoms with Crippen molar-refractivity contribution in [3.05, 3.63) is 58.0 Å². The Hall–Kier alpha value is -3.28. The number of imidazole rings is 1. The third kappa shape index (κ3) is 4.30.